The predicted molar refractivity (Wildman–Crippen MR) is 68.4 cm³/mol. The largest absolute Gasteiger partial charge is 0.348 e. The molecule has 0 radical (unpaired) electrons. The number of aromatic nitrogens is 1. The predicted octanol–water partition coefficient (Wildman–Crippen LogP) is 3.69. The minimum absolute atomic E-state index is 0.980. The van der Waals surface area contributed by atoms with Gasteiger partial charge in [-0.05, 0) is 24.3 Å². The number of H-pyrrole nitrogens is 1. The van der Waals surface area contributed by atoms with Crippen LogP contribution in [-0.2, 0) is 0 Å². The number of nitrogens with one attached hydrogen (secondary N) is 1. The minimum atomic E-state index is 0.980. The first kappa shape index (κ1) is 9.06. The van der Waals surface area contributed by atoms with Gasteiger partial charge in [-0.25, -0.2) is 0 Å². The van der Waals surface area contributed by atoms with Gasteiger partial charge in [0.1, 0.15) is 0 Å². The number of aromatic amines is 1. The van der Waals surface area contributed by atoms with E-state index >= 15 is 0 Å². The molecule has 0 saturated heterocycles. The van der Waals surface area contributed by atoms with E-state index in [-0.39, 0.29) is 0 Å². The topological polar surface area (TPSA) is 15.8 Å². The fourth-order valence-corrected chi connectivity index (χ4v) is 2.08. The van der Waals surface area contributed by atoms with Crippen LogP contribution in [0, 0.1) is 11.8 Å². The minimum Gasteiger partial charge on any atom is -0.348 e. The standard InChI is InChI=1S/C15H11N/c1-2-5-13-10-12-9-8-11-6-3-4-7-14(11)15(12)16-13/h3-4,6-10,16H,1H3. The van der Waals surface area contributed by atoms with Crippen LogP contribution in [0.1, 0.15) is 12.6 Å². The van der Waals surface area contributed by atoms with E-state index < -0.39 is 0 Å². The molecule has 0 amide bonds. The summed E-state index contributed by atoms with van der Waals surface area (Å²) in [5.74, 6) is 5.97. The molecule has 1 heterocycles. The van der Waals surface area contributed by atoms with E-state index in [2.05, 4.69) is 59.3 Å². The molecule has 1 nitrogen and oxygen atoms in total. The highest BCUT2D eigenvalue weighted by molar-refractivity contribution is 6.05. The summed E-state index contributed by atoms with van der Waals surface area (Å²) in [6.45, 7) is 1.85. The molecule has 0 aliphatic rings. The third-order valence-electron chi connectivity index (χ3n) is 2.78. The Morgan fingerprint density at radius 3 is 2.69 bits per heavy atom. The van der Waals surface area contributed by atoms with Crippen LogP contribution in [-0.4, -0.2) is 4.98 Å². The van der Waals surface area contributed by atoms with Gasteiger partial charge in [0.15, 0.2) is 0 Å². The van der Waals surface area contributed by atoms with E-state index in [4.69, 9.17) is 0 Å². The second-order valence-electron chi connectivity index (χ2n) is 3.81. The lowest BCUT2D eigenvalue weighted by Gasteiger charge is -1.97. The highest BCUT2D eigenvalue weighted by atomic mass is 14.7. The summed E-state index contributed by atoms with van der Waals surface area (Å²) < 4.78 is 0. The lowest BCUT2D eigenvalue weighted by Crippen LogP contribution is -1.75. The van der Waals surface area contributed by atoms with Crippen molar-refractivity contribution in [1.29, 1.82) is 0 Å². The van der Waals surface area contributed by atoms with Gasteiger partial charge in [0.2, 0.25) is 0 Å². The van der Waals surface area contributed by atoms with Gasteiger partial charge in [-0.3, -0.25) is 0 Å². The average Bonchev–Trinajstić information content (AvgIpc) is 2.72. The van der Waals surface area contributed by atoms with Gasteiger partial charge < -0.3 is 4.98 Å². The molecule has 16 heavy (non-hydrogen) atoms. The lowest BCUT2D eigenvalue weighted by molar-refractivity contribution is 1.43. The average molecular weight is 205 g/mol. The summed E-state index contributed by atoms with van der Waals surface area (Å²) in [5.41, 5.74) is 2.16. The van der Waals surface area contributed by atoms with Crippen molar-refractivity contribution in [2.24, 2.45) is 0 Å². The molecular formula is C15H11N. The Labute approximate surface area is 94.1 Å². The molecule has 0 aliphatic heterocycles. The van der Waals surface area contributed by atoms with Crippen molar-refractivity contribution in [2.45, 2.75) is 6.92 Å². The van der Waals surface area contributed by atoms with Crippen molar-refractivity contribution >= 4 is 21.7 Å². The summed E-state index contributed by atoms with van der Waals surface area (Å²) in [5, 5.41) is 3.73. The number of hydrogen-bond donors (Lipinski definition) is 1. The molecule has 76 valence electrons. The van der Waals surface area contributed by atoms with Crippen molar-refractivity contribution in [3.8, 4) is 11.8 Å². The van der Waals surface area contributed by atoms with E-state index in [1.54, 1.807) is 0 Å². The van der Waals surface area contributed by atoms with Gasteiger partial charge in [0.05, 0.1) is 11.2 Å². The Balaban J connectivity index is 2.44. The van der Waals surface area contributed by atoms with Crippen LogP contribution in [0.25, 0.3) is 21.7 Å². The number of hydrogen-bond acceptors (Lipinski definition) is 0. The van der Waals surface area contributed by atoms with Crippen LogP contribution in [0.3, 0.4) is 0 Å². The normalized spacial score (nSPS) is 10.3. The molecule has 0 spiro atoms. The van der Waals surface area contributed by atoms with Crippen LogP contribution < -0.4 is 0 Å². The molecule has 3 aromatic rings. The lowest BCUT2D eigenvalue weighted by atomic mass is 10.1. The van der Waals surface area contributed by atoms with E-state index in [0.29, 0.717) is 0 Å². The number of benzene rings is 2. The zero-order chi connectivity index (χ0) is 11.0. The van der Waals surface area contributed by atoms with Crippen LogP contribution in [0.5, 0.6) is 0 Å². The molecule has 1 aromatic heterocycles. The number of rotatable bonds is 0. The molecule has 3 rings (SSSR count). The van der Waals surface area contributed by atoms with E-state index in [9.17, 15) is 0 Å². The first-order chi connectivity index (χ1) is 7.88. The van der Waals surface area contributed by atoms with Crippen LogP contribution >= 0.6 is 0 Å². The fraction of sp³-hybridized carbons (Fsp3) is 0.0667. The van der Waals surface area contributed by atoms with Crippen LogP contribution in [0.2, 0.25) is 0 Å². The molecule has 0 bridgehead atoms. The van der Waals surface area contributed by atoms with Crippen LogP contribution in [0.4, 0.5) is 0 Å². The molecule has 2 aromatic carbocycles. The highest BCUT2D eigenvalue weighted by Gasteiger charge is 2.02. The van der Waals surface area contributed by atoms with Crippen molar-refractivity contribution in [3.05, 3.63) is 48.2 Å². The van der Waals surface area contributed by atoms with E-state index in [0.717, 1.165) is 5.69 Å². The summed E-state index contributed by atoms with van der Waals surface area (Å²) >= 11 is 0. The van der Waals surface area contributed by atoms with Gasteiger partial charge in [0, 0.05) is 10.8 Å². The number of fused-ring (bicyclic) bond motifs is 3. The fourth-order valence-electron chi connectivity index (χ4n) is 2.08. The van der Waals surface area contributed by atoms with Crippen molar-refractivity contribution in [2.75, 3.05) is 0 Å². The monoisotopic (exact) mass is 205 g/mol. The van der Waals surface area contributed by atoms with Gasteiger partial charge in [-0.1, -0.05) is 42.3 Å². The first-order valence-electron chi connectivity index (χ1n) is 5.32. The van der Waals surface area contributed by atoms with Gasteiger partial charge in [-0.2, -0.15) is 0 Å². The van der Waals surface area contributed by atoms with Crippen LogP contribution in [0.15, 0.2) is 42.5 Å². The van der Waals surface area contributed by atoms with Crippen molar-refractivity contribution in [3.63, 3.8) is 0 Å². The second-order valence-corrected chi connectivity index (χ2v) is 3.81. The van der Waals surface area contributed by atoms with Gasteiger partial charge >= 0.3 is 0 Å². The zero-order valence-electron chi connectivity index (χ0n) is 9.04. The maximum absolute atomic E-state index is 3.37. The maximum Gasteiger partial charge on any atom is 0.0904 e. The Kier molecular flexibility index (Phi) is 1.94. The summed E-state index contributed by atoms with van der Waals surface area (Å²) in [7, 11) is 0. The van der Waals surface area contributed by atoms with Gasteiger partial charge in [-0.15, -0.1) is 0 Å². The SMILES string of the molecule is CC#Cc1cc2ccc3ccccc3c2[nH]1. The second kappa shape index (κ2) is 3.43. The molecular weight excluding hydrogens is 194 g/mol. The summed E-state index contributed by atoms with van der Waals surface area (Å²) in [6.07, 6.45) is 0. The molecule has 0 unspecified atom stereocenters. The van der Waals surface area contributed by atoms with Crippen molar-refractivity contribution in [1.82, 2.24) is 4.98 Å². The molecule has 0 atom stereocenters. The zero-order valence-corrected chi connectivity index (χ0v) is 9.04. The van der Waals surface area contributed by atoms with Gasteiger partial charge in [0.25, 0.3) is 0 Å². The Hall–Kier alpha value is -2.20. The Bertz CT molecular complexity index is 723. The third kappa shape index (κ3) is 1.28. The third-order valence-corrected chi connectivity index (χ3v) is 2.78. The van der Waals surface area contributed by atoms with Crippen molar-refractivity contribution < 1.29 is 0 Å². The smallest absolute Gasteiger partial charge is 0.0904 e. The quantitative estimate of drug-likeness (QED) is 0.539. The molecule has 1 heteroatoms. The summed E-state index contributed by atoms with van der Waals surface area (Å²) in [6, 6.07) is 14.8. The first-order valence-corrected chi connectivity index (χ1v) is 5.32. The Morgan fingerprint density at radius 2 is 1.81 bits per heavy atom. The molecule has 1 N–H and O–H groups in total. The molecule has 0 aliphatic carbocycles. The van der Waals surface area contributed by atoms with E-state index in [1.165, 1.54) is 21.7 Å². The maximum atomic E-state index is 3.37. The highest BCUT2D eigenvalue weighted by Crippen LogP contribution is 2.24. The van der Waals surface area contributed by atoms with E-state index in [1.807, 2.05) is 6.92 Å². The Morgan fingerprint density at radius 1 is 1.00 bits per heavy atom. The molecule has 0 saturated carbocycles. The molecule has 0 fully saturated rings. The summed E-state index contributed by atoms with van der Waals surface area (Å²) in [4.78, 5) is 3.37.